The van der Waals surface area contributed by atoms with Gasteiger partial charge in [-0.3, -0.25) is 0 Å². The van der Waals surface area contributed by atoms with Gasteiger partial charge in [0, 0.05) is 18.2 Å². The van der Waals surface area contributed by atoms with Crippen molar-refractivity contribution >= 4 is 27.3 Å². The zero-order chi connectivity index (χ0) is 25.9. The highest BCUT2D eigenvalue weighted by Crippen LogP contribution is 2.32. The van der Waals surface area contributed by atoms with Gasteiger partial charge >= 0.3 is 0 Å². The van der Waals surface area contributed by atoms with Crippen molar-refractivity contribution in [2.75, 3.05) is 34.5 Å². The number of ether oxygens (including phenoxy) is 4. The second-order valence-corrected chi connectivity index (χ2v) is 9.68. The first-order chi connectivity index (χ1) is 17.3. The molecule has 2 aromatic carbocycles. The van der Waals surface area contributed by atoms with Crippen LogP contribution in [-0.4, -0.2) is 62.7 Å². The number of benzene rings is 2. The van der Waals surface area contributed by atoms with Gasteiger partial charge in [0.25, 0.3) is 0 Å². The highest BCUT2D eigenvalue weighted by Gasteiger charge is 2.19. The van der Waals surface area contributed by atoms with Crippen LogP contribution >= 0.6 is 11.6 Å². The van der Waals surface area contributed by atoms with E-state index in [1.165, 1.54) is 17.7 Å². The molecule has 0 amide bonds. The van der Waals surface area contributed by atoms with E-state index >= 15 is 0 Å². The molecule has 0 unspecified atom stereocenters. The van der Waals surface area contributed by atoms with Gasteiger partial charge in [-0.05, 0) is 48.9 Å². The van der Waals surface area contributed by atoms with Gasteiger partial charge in [-0.25, -0.2) is 13.1 Å². The normalized spacial score (nSPS) is 11.5. The molecule has 0 atom stereocenters. The van der Waals surface area contributed by atoms with E-state index in [1.807, 2.05) is 6.07 Å². The first-order valence-corrected chi connectivity index (χ1v) is 12.5. The van der Waals surface area contributed by atoms with Crippen molar-refractivity contribution in [2.45, 2.75) is 11.8 Å². The van der Waals surface area contributed by atoms with Gasteiger partial charge in [0.05, 0.1) is 31.2 Å². The Hall–Kier alpha value is -3.61. The van der Waals surface area contributed by atoms with E-state index in [0.717, 1.165) is 0 Å². The van der Waals surface area contributed by atoms with E-state index in [0.29, 0.717) is 39.8 Å². The van der Waals surface area contributed by atoms with Gasteiger partial charge in [0.15, 0.2) is 23.0 Å². The minimum Gasteiger partial charge on any atom is -0.495 e. The van der Waals surface area contributed by atoms with E-state index in [-0.39, 0.29) is 28.9 Å². The van der Waals surface area contributed by atoms with Crippen LogP contribution < -0.4 is 23.7 Å². The number of rotatable bonds is 10. The Morgan fingerprint density at radius 2 is 1.69 bits per heavy atom. The quantitative estimate of drug-likeness (QED) is 0.306. The number of nitrogens with zero attached hydrogens (tertiary/aromatic N) is 4. The van der Waals surface area contributed by atoms with Crippen molar-refractivity contribution in [3.05, 3.63) is 53.1 Å². The van der Waals surface area contributed by atoms with Crippen LogP contribution in [0.25, 0.3) is 17.0 Å². The number of aromatic nitrogens is 4. The summed E-state index contributed by atoms with van der Waals surface area (Å²) in [5.41, 5.74) is 1.73. The molecular formula is C23H24ClN5O6S. The first kappa shape index (κ1) is 25.5. The molecule has 0 saturated carbocycles. The van der Waals surface area contributed by atoms with Crippen LogP contribution in [0.2, 0.25) is 5.02 Å². The molecule has 1 N–H and O–H groups in total. The lowest BCUT2D eigenvalue weighted by molar-refractivity contribution is 0.306. The fourth-order valence-electron chi connectivity index (χ4n) is 3.50. The second kappa shape index (κ2) is 10.6. The Labute approximate surface area is 213 Å². The Balaban J connectivity index is 1.46. The van der Waals surface area contributed by atoms with Crippen molar-refractivity contribution in [3.8, 4) is 34.5 Å². The van der Waals surface area contributed by atoms with Crippen LogP contribution in [0.5, 0.6) is 23.1 Å². The molecule has 0 aliphatic rings. The maximum absolute atomic E-state index is 12.7. The molecule has 0 bridgehead atoms. The third-order valence-electron chi connectivity index (χ3n) is 5.26. The van der Waals surface area contributed by atoms with Crippen LogP contribution in [-0.2, 0) is 10.0 Å². The van der Waals surface area contributed by atoms with Crippen molar-refractivity contribution < 1.29 is 27.4 Å². The zero-order valence-corrected chi connectivity index (χ0v) is 21.6. The summed E-state index contributed by atoms with van der Waals surface area (Å²) in [5.74, 6) is 2.27. The van der Waals surface area contributed by atoms with Gasteiger partial charge in [-0.2, -0.15) is 4.52 Å². The summed E-state index contributed by atoms with van der Waals surface area (Å²) in [6.45, 7) is 1.71. The molecule has 0 fully saturated rings. The van der Waals surface area contributed by atoms with E-state index in [2.05, 4.69) is 20.0 Å². The van der Waals surface area contributed by atoms with Crippen LogP contribution in [0.1, 0.15) is 5.56 Å². The SMILES string of the molecule is COc1cc(C)c(S(=O)(=O)NCCOc2ccc3nnc(-c4ccc(OC)c(OC)c4)n3n2)cc1Cl. The Morgan fingerprint density at radius 3 is 2.42 bits per heavy atom. The maximum Gasteiger partial charge on any atom is 0.241 e. The summed E-state index contributed by atoms with van der Waals surface area (Å²) in [6, 6.07) is 11.6. The number of methoxy groups -OCH3 is 3. The van der Waals surface area contributed by atoms with Crippen LogP contribution in [0.3, 0.4) is 0 Å². The molecule has 0 radical (unpaired) electrons. The molecular weight excluding hydrogens is 510 g/mol. The molecule has 36 heavy (non-hydrogen) atoms. The molecule has 0 aliphatic heterocycles. The summed E-state index contributed by atoms with van der Waals surface area (Å²) in [4.78, 5) is 0.0666. The topological polar surface area (TPSA) is 126 Å². The molecule has 4 aromatic rings. The van der Waals surface area contributed by atoms with Crippen LogP contribution in [0.15, 0.2) is 47.4 Å². The largest absolute Gasteiger partial charge is 0.495 e. The lowest BCUT2D eigenvalue weighted by Crippen LogP contribution is -2.29. The highest BCUT2D eigenvalue weighted by atomic mass is 35.5. The third-order valence-corrected chi connectivity index (χ3v) is 7.16. The van der Waals surface area contributed by atoms with Crippen molar-refractivity contribution in [3.63, 3.8) is 0 Å². The van der Waals surface area contributed by atoms with Gasteiger partial charge < -0.3 is 18.9 Å². The molecule has 11 nitrogen and oxygen atoms in total. The average Bonchev–Trinajstić information content (AvgIpc) is 3.30. The van der Waals surface area contributed by atoms with E-state index in [9.17, 15) is 8.42 Å². The summed E-state index contributed by atoms with van der Waals surface area (Å²) in [7, 11) is 0.760. The minimum atomic E-state index is -3.81. The predicted octanol–water partition coefficient (Wildman–Crippen LogP) is 3.14. The average molecular weight is 534 g/mol. The Bertz CT molecular complexity index is 1510. The molecule has 0 spiro atoms. The first-order valence-electron chi connectivity index (χ1n) is 10.7. The summed E-state index contributed by atoms with van der Waals surface area (Å²) < 4.78 is 51.0. The monoisotopic (exact) mass is 533 g/mol. The third kappa shape index (κ3) is 5.15. The highest BCUT2D eigenvalue weighted by molar-refractivity contribution is 7.89. The van der Waals surface area contributed by atoms with Crippen molar-refractivity contribution in [2.24, 2.45) is 0 Å². The number of sulfonamides is 1. The van der Waals surface area contributed by atoms with E-state index < -0.39 is 10.0 Å². The van der Waals surface area contributed by atoms with Gasteiger partial charge in [0.2, 0.25) is 15.9 Å². The number of hydrogen-bond acceptors (Lipinski definition) is 9. The van der Waals surface area contributed by atoms with Crippen molar-refractivity contribution in [1.29, 1.82) is 0 Å². The van der Waals surface area contributed by atoms with Gasteiger partial charge in [-0.1, -0.05) is 11.6 Å². The number of halogens is 1. The molecule has 2 heterocycles. The number of fused-ring (bicyclic) bond motifs is 1. The molecule has 2 aromatic heterocycles. The molecule has 0 saturated heterocycles. The number of nitrogens with one attached hydrogen (secondary N) is 1. The van der Waals surface area contributed by atoms with Crippen LogP contribution in [0.4, 0.5) is 0 Å². The standard InChI is InChI=1S/C23H24ClN5O6S/c1-14-11-18(33-3)16(24)13-20(14)36(30,31)25-9-10-35-22-8-7-21-26-27-23(29(21)28-22)15-5-6-17(32-2)19(12-15)34-4/h5-8,11-13,25H,9-10H2,1-4H3. The number of hydrogen-bond donors (Lipinski definition) is 1. The lowest BCUT2D eigenvalue weighted by Gasteiger charge is -2.12. The van der Waals surface area contributed by atoms with E-state index in [1.54, 1.807) is 51.5 Å². The second-order valence-electron chi connectivity index (χ2n) is 7.53. The van der Waals surface area contributed by atoms with Crippen LogP contribution in [0, 0.1) is 6.92 Å². The number of aryl methyl sites for hydroxylation is 1. The maximum atomic E-state index is 12.7. The van der Waals surface area contributed by atoms with Gasteiger partial charge in [-0.15, -0.1) is 15.3 Å². The summed E-state index contributed by atoms with van der Waals surface area (Å²) >= 11 is 6.10. The lowest BCUT2D eigenvalue weighted by atomic mass is 10.2. The van der Waals surface area contributed by atoms with Crippen molar-refractivity contribution in [1.82, 2.24) is 24.5 Å². The van der Waals surface area contributed by atoms with E-state index in [4.69, 9.17) is 30.5 Å². The molecule has 13 heteroatoms. The minimum absolute atomic E-state index is 0.00977. The zero-order valence-electron chi connectivity index (χ0n) is 20.0. The summed E-state index contributed by atoms with van der Waals surface area (Å²) in [6.07, 6.45) is 0. The molecule has 4 rings (SSSR count). The predicted molar refractivity (Wildman–Crippen MR) is 133 cm³/mol. The Kier molecular flexibility index (Phi) is 7.48. The fourth-order valence-corrected chi connectivity index (χ4v) is 5.07. The molecule has 0 aliphatic carbocycles. The smallest absolute Gasteiger partial charge is 0.241 e. The molecule has 190 valence electrons. The fraction of sp³-hybridized carbons (Fsp3) is 0.261. The Morgan fingerprint density at radius 1 is 0.944 bits per heavy atom. The van der Waals surface area contributed by atoms with Gasteiger partial charge in [0.1, 0.15) is 12.4 Å². The summed E-state index contributed by atoms with van der Waals surface area (Å²) in [5, 5.41) is 13.0.